The molecule has 0 saturated carbocycles. The van der Waals surface area contributed by atoms with Crippen molar-refractivity contribution in [1.82, 2.24) is 19.7 Å². The summed E-state index contributed by atoms with van der Waals surface area (Å²) < 4.78 is 45.5. The zero-order valence-electron chi connectivity index (χ0n) is 16.6. The number of rotatable bonds is 4. The minimum absolute atomic E-state index is 0.0373. The number of alkyl halides is 3. The fourth-order valence-electron chi connectivity index (χ4n) is 3.65. The first-order chi connectivity index (χ1) is 14.2. The summed E-state index contributed by atoms with van der Waals surface area (Å²) >= 11 is 0. The lowest BCUT2D eigenvalue weighted by Gasteiger charge is -2.33. The Balaban J connectivity index is 1.67. The van der Waals surface area contributed by atoms with Crippen molar-refractivity contribution in [3.05, 3.63) is 47.9 Å². The number of carbonyl (C=O) groups is 1. The third kappa shape index (κ3) is 4.22. The average Bonchev–Trinajstić information content (AvgIpc) is 3.12. The number of nitrogens with zero attached hydrogens (tertiary/aromatic N) is 4. The molecule has 158 valence electrons. The number of carbonyl (C=O) groups excluding carboxylic acids is 1. The van der Waals surface area contributed by atoms with E-state index in [4.69, 9.17) is 4.74 Å². The molecule has 4 rings (SSSR count). The van der Waals surface area contributed by atoms with Crippen LogP contribution in [0.4, 0.5) is 13.2 Å². The van der Waals surface area contributed by atoms with Gasteiger partial charge in [-0.05, 0) is 23.3 Å². The molecule has 9 heteroatoms. The second-order valence-electron chi connectivity index (χ2n) is 7.50. The molecule has 0 radical (unpaired) electrons. The number of benzene rings is 1. The summed E-state index contributed by atoms with van der Waals surface area (Å²) in [5, 5.41) is 5.05. The summed E-state index contributed by atoms with van der Waals surface area (Å²) in [6.07, 6.45) is -2.57. The standard InChI is InChI=1S/C21H21F3N4O2/c1-13(29)18-8-17(15-9-25-27(2)11-15)16-4-3-14(7-19(16)26-18)10-28-5-6-30-20(12-28)21(22,23)24/h3-4,7-9,11,20H,5-6,10,12H2,1-2H3/t20-/m0/s1. The van der Waals surface area contributed by atoms with Crippen molar-refractivity contribution in [1.29, 1.82) is 0 Å². The van der Waals surface area contributed by atoms with Gasteiger partial charge in [0.2, 0.25) is 0 Å². The Hall–Kier alpha value is -2.78. The molecular weight excluding hydrogens is 397 g/mol. The quantitative estimate of drug-likeness (QED) is 0.606. The predicted molar refractivity (Wildman–Crippen MR) is 105 cm³/mol. The van der Waals surface area contributed by atoms with Crippen molar-refractivity contribution in [3.63, 3.8) is 0 Å². The third-order valence-corrected chi connectivity index (χ3v) is 5.17. The van der Waals surface area contributed by atoms with Gasteiger partial charge in [0.05, 0.1) is 18.3 Å². The molecule has 2 aromatic heterocycles. The number of hydrogen-bond donors (Lipinski definition) is 0. The highest BCUT2D eigenvalue weighted by Gasteiger charge is 2.43. The number of pyridine rings is 1. The number of hydrogen-bond acceptors (Lipinski definition) is 5. The molecule has 1 fully saturated rings. The Morgan fingerprint density at radius 3 is 2.77 bits per heavy atom. The number of ether oxygens (including phenoxy) is 1. The smallest absolute Gasteiger partial charge is 0.366 e. The van der Waals surface area contributed by atoms with Crippen LogP contribution in [-0.2, 0) is 18.3 Å². The maximum Gasteiger partial charge on any atom is 0.415 e. The van der Waals surface area contributed by atoms with Gasteiger partial charge >= 0.3 is 6.18 Å². The van der Waals surface area contributed by atoms with Crippen LogP contribution in [0.3, 0.4) is 0 Å². The van der Waals surface area contributed by atoms with Gasteiger partial charge in [0.15, 0.2) is 11.9 Å². The second-order valence-corrected chi connectivity index (χ2v) is 7.50. The van der Waals surface area contributed by atoms with Crippen LogP contribution in [0.15, 0.2) is 36.7 Å². The monoisotopic (exact) mass is 418 g/mol. The summed E-state index contributed by atoms with van der Waals surface area (Å²) in [6, 6.07) is 7.36. The molecule has 0 N–H and O–H groups in total. The highest BCUT2D eigenvalue weighted by atomic mass is 19.4. The fraction of sp³-hybridized carbons (Fsp3) is 0.381. The van der Waals surface area contributed by atoms with Crippen LogP contribution in [0.5, 0.6) is 0 Å². The first kappa shape index (κ1) is 20.5. The van der Waals surface area contributed by atoms with Crippen LogP contribution in [0.25, 0.3) is 22.0 Å². The first-order valence-electron chi connectivity index (χ1n) is 9.55. The van der Waals surface area contributed by atoms with Gasteiger partial charge in [0.25, 0.3) is 0 Å². The van der Waals surface area contributed by atoms with Crippen LogP contribution in [0, 0.1) is 0 Å². The van der Waals surface area contributed by atoms with E-state index in [0.717, 1.165) is 22.1 Å². The number of Topliss-reactive ketones (excluding diaryl/α,β-unsaturated/α-hetero) is 1. The third-order valence-electron chi connectivity index (χ3n) is 5.17. The van der Waals surface area contributed by atoms with E-state index in [0.29, 0.717) is 24.3 Å². The molecule has 1 aliphatic heterocycles. The molecular formula is C21H21F3N4O2. The highest BCUT2D eigenvalue weighted by Crippen LogP contribution is 2.30. The van der Waals surface area contributed by atoms with E-state index in [9.17, 15) is 18.0 Å². The largest absolute Gasteiger partial charge is 0.415 e. The second kappa shape index (κ2) is 7.81. The maximum atomic E-state index is 13.0. The van der Waals surface area contributed by atoms with Crippen LogP contribution in [-0.4, -0.2) is 57.4 Å². The number of ketones is 1. The van der Waals surface area contributed by atoms with Crippen molar-refractivity contribution < 1.29 is 22.7 Å². The zero-order chi connectivity index (χ0) is 21.5. The molecule has 0 amide bonds. The molecule has 1 atom stereocenters. The van der Waals surface area contributed by atoms with Crippen molar-refractivity contribution in [3.8, 4) is 11.1 Å². The van der Waals surface area contributed by atoms with Crippen molar-refractivity contribution >= 4 is 16.7 Å². The summed E-state index contributed by atoms with van der Waals surface area (Å²) in [7, 11) is 1.81. The summed E-state index contributed by atoms with van der Waals surface area (Å²) in [5.41, 5.74) is 3.49. The molecule has 1 aliphatic rings. The van der Waals surface area contributed by atoms with E-state index in [-0.39, 0.29) is 18.9 Å². The van der Waals surface area contributed by atoms with Gasteiger partial charge < -0.3 is 4.74 Å². The number of morpholine rings is 1. The summed E-state index contributed by atoms with van der Waals surface area (Å²) in [4.78, 5) is 18.2. The van der Waals surface area contributed by atoms with Crippen molar-refractivity contribution in [2.24, 2.45) is 7.05 Å². The van der Waals surface area contributed by atoms with E-state index in [1.165, 1.54) is 6.92 Å². The van der Waals surface area contributed by atoms with Gasteiger partial charge in [-0.2, -0.15) is 18.3 Å². The minimum Gasteiger partial charge on any atom is -0.366 e. The Labute approximate surface area is 171 Å². The van der Waals surface area contributed by atoms with E-state index in [2.05, 4.69) is 10.1 Å². The minimum atomic E-state index is -4.38. The molecule has 0 spiro atoms. The van der Waals surface area contributed by atoms with Crippen molar-refractivity contribution in [2.75, 3.05) is 19.7 Å². The summed E-state index contributed by atoms with van der Waals surface area (Å²) in [6.45, 7) is 2.06. The molecule has 0 aliphatic carbocycles. The van der Waals surface area contributed by atoms with Gasteiger partial charge in [-0.25, -0.2) is 4.98 Å². The lowest BCUT2D eigenvalue weighted by molar-refractivity contribution is -0.237. The van der Waals surface area contributed by atoms with Crippen LogP contribution in [0.2, 0.25) is 0 Å². The van der Waals surface area contributed by atoms with Crippen LogP contribution < -0.4 is 0 Å². The number of aryl methyl sites for hydroxylation is 1. The van der Waals surface area contributed by atoms with Crippen molar-refractivity contribution in [2.45, 2.75) is 25.7 Å². The van der Waals surface area contributed by atoms with Crippen LogP contribution in [0.1, 0.15) is 23.0 Å². The highest BCUT2D eigenvalue weighted by molar-refractivity contribution is 6.01. The molecule has 30 heavy (non-hydrogen) atoms. The molecule has 0 bridgehead atoms. The molecule has 0 unspecified atom stereocenters. The van der Waals surface area contributed by atoms with Crippen LogP contribution >= 0.6 is 0 Å². The SMILES string of the molecule is CC(=O)c1cc(-c2cnn(C)c2)c2ccc(CN3CCO[C@H](C(F)(F)F)C3)cc2n1. The number of aromatic nitrogens is 3. The van der Waals surface area contributed by atoms with E-state index < -0.39 is 12.3 Å². The van der Waals surface area contributed by atoms with E-state index >= 15 is 0 Å². The topological polar surface area (TPSA) is 60.2 Å². The van der Waals surface area contributed by atoms with Gasteiger partial charge in [0.1, 0.15) is 5.69 Å². The Bertz CT molecular complexity index is 1090. The first-order valence-corrected chi connectivity index (χ1v) is 9.55. The van der Waals surface area contributed by atoms with E-state index in [1.54, 1.807) is 21.8 Å². The maximum absolute atomic E-state index is 13.0. The molecule has 1 aromatic carbocycles. The number of halogens is 3. The van der Waals surface area contributed by atoms with E-state index in [1.807, 2.05) is 31.4 Å². The van der Waals surface area contributed by atoms with Gasteiger partial charge in [-0.3, -0.25) is 14.4 Å². The Morgan fingerprint density at radius 2 is 2.10 bits per heavy atom. The molecule has 1 saturated heterocycles. The van der Waals surface area contributed by atoms with Gasteiger partial charge in [-0.15, -0.1) is 0 Å². The predicted octanol–water partition coefficient (Wildman–Crippen LogP) is 3.60. The Morgan fingerprint density at radius 1 is 1.30 bits per heavy atom. The normalized spacial score (nSPS) is 18.1. The lowest BCUT2D eigenvalue weighted by Crippen LogP contribution is -2.48. The fourth-order valence-corrected chi connectivity index (χ4v) is 3.65. The Kier molecular flexibility index (Phi) is 5.33. The van der Waals surface area contributed by atoms with Gasteiger partial charge in [0, 0.05) is 50.8 Å². The van der Waals surface area contributed by atoms with Gasteiger partial charge in [-0.1, -0.05) is 12.1 Å². The zero-order valence-corrected chi connectivity index (χ0v) is 16.6. The number of fused-ring (bicyclic) bond motifs is 1. The molecule has 3 heterocycles. The summed E-state index contributed by atoms with van der Waals surface area (Å²) in [5.74, 6) is -0.159. The lowest BCUT2D eigenvalue weighted by atomic mass is 10.0. The molecule has 6 nitrogen and oxygen atoms in total. The average molecular weight is 418 g/mol. The molecule has 3 aromatic rings.